The van der Waals surface area contributed by atoms with E-state index in [9.17, 15) is 0 Å². The van der Waals surface area contributed by atoms with Crippen molar-refractivity contribution in [3.8, 4) is 0 Å². The van der Waals surface area contributed by atoms with Gasteiger partial charge in [-0.25, -0.2) is 0 Å². The van der Waals surface area contributed by atoms with Crippen LogP contribution in [0.5, 0.6) is 0 Å². The lowest BCUT2D eigenvalue weighted by Gasteiger charge is -2.23. The minimum Gasteiger partial charge on any atom is -0.380 e. The lowest BCUT2D eigenvalue weighted by atomic mass is 10.1. The normalized spacial score (nSPS) is 29.6. The molecule has 1 aliphatic heterocycles. The minimum absolute atomic E-state index is 0.644. The Balaban J connectivity index is 1.52. The highest BCUT2D eigenvalue weighted by Crippen LogP contribution is 2.24. The molecule has 0 radical (unpaired) electrons. The van der Waals surface area contributed by atoms with Crippen molar-refractivity contribution >= 4 is 0 Å². The van der Waals surface area contributed by atoms with Crippen LogP contribution in [0.3, 0.4) is 0 Å². The number of piperidine rings is 1. The third-order valence-corrected chi connectivity index (χ3v) is 3.56. The van der Waals surface area contributed by atoms with E-state index in [-0.39, 0.29) is 0 Å². The van der Waals surface area contributed by atoms with Gasteiger partial charge in [0.25, 0.3) is 0 Å². The molecule has 1 saturated heterocycles. The summed E-state index contributed by atoms with van der Waals surface area (Å²) in [6.07, 6.45) is 9.69. The molecule has 0 aromatic heterocycles. The largest absolute Gasteiger partial charge is 0.380 e. The molecule has 14 heavy (non-hydrogen) atoms. The van der Waals surface area contributed by atoms with Gasteiger partial charge in [0.1, 0.15) is 0 Å². The first-order valence-electron chi connectivity index (χ1n) is 6.26. The molecule has 0 bridgehead atoms. The second-order valence-corrected chi connectivity index (χ2v) is 4.83. The molecule has 2 aliphatic rings. The molecule has 1 atom stereocenters. The van der Waals surface area contributed by atoms with Crippen LogP contribution in [-0.4, -0.2) is 25.8 Å². The fourth-order valence-corrected chi connectivity index (χ4v) is 2.62. The van der Waals surface area contributed by atoms with Gasteiger partial charge in [0.05, 0.1) is 6.61 Å². The molecule has 1 saturated carbocycles. The van der Waals surface area contributed by atoms with E-state index < -0.39 is 0 Å². The lowest BCUT2D eigenvalue weighted by Crippen LogP contribution is -2.37. The van der Waals surface area contributed by atoms with E-state index in [0.717, 1.165) is 19.1 Å². The lowest BCUT2D eigenvalue weighted by molar-refractivity contribution is 0.0768. The maximum absolute atomic E-state index is 5.79. The third kappa shape index (κ3) is 3.25. The maximum Gasteiger partial charge on any atom is 0.0619 e. The van der Waals surface area contributed by atoms with Gasteiger partial charge in [-0.2, -0.15) is 0 Å². The van der Waals surface area contributed by atoms with Gasteiger partial charge in [-0.15, -0.1) is 0 Å². The molecule has 82 valence electrons. The van der Waals surface area contributed by atoms with Crippen LogP contribution in [-0.2, 0) is 4.74 Å². The number of rotatable bonds is 4. The molecule has 0 aromatic carbocycles. The van der Waals surface area contributed by atoms with Crippen molar-refractivity contribution in [3.05, 3.63) is 0 Å². The van der Waals surface area contributed by atoms with Crippen LogP contribution < -0.4 is 5.32 Å². The standard InChI is InChI=1S/C12H23NO/c1-2-6-11(5-1)9-14-10-12-7-3-4-8-13-12/h11-13H,1-10H2. The molecule has 1 heterocycles. The zero-order chi connectivity index (χ0) is 9.64. The molecule has 2 heteroatoms. The van der Waals surface area contributed by atoms with Gasteiger partial charge in [0.2, 0.25) is 0 Å². The zero-order valence-electron chi connectivity index (χ0n) is 9.13. The summed E-state index contributed by atoms with van der Waals surface area (Å²) < 4.78 is 5.79. The Bertz CT molecular complexity index is 148. The second kappa shape index (κ2) is 5.72. The smallest absolute Gasteiger partial charge is 0.0619 e. The molecule has 1 N–H and O–H groups in total. The van der Waals surface area contributed by atoms with Crippen molar-refractivity contribution < 1.29 is 4.74 Å². The van der Waals surface area contributed by atoms with Crippen LogP contribution in [0.4, 0.5) is 0 Å². The van der Waals surface area contributed by atoms with Gasteiger partial charge >= 0.3 is 0 Å². The molecule has 2 rings (SSSR count). The highest BCUT2D eigenvalue weighted by molar-refractivity contribution is 4.72. The van der Waals surface area contributed by atoms with E-state index >= 15 is 0 Å². The minimum atomic E-state index is 0.644. The van der Waals surface area contributed by atoms with E-state index in [1.165, 1.54) is 51.5 Å². The van der Waals surface area contributed by atoms with Crippen LogP contribution in [0.15, 0.2) is 0 Å². The van der Waals surface area contributed by atoms with Gasteiger partial charge in [0, 0.05) is 12.6 Å². The topological polar surface area (TPSA) is 21.3 Å². The number of hydrogen-bond acceptors (Lipinski definition) is 2. The molecule has 1 unspecified atom stereocenters. The van der Waals surface area contributed by atoms with Crippen LogP contribution in [0.2, 0.25) is 0 Å². The van der Waals surface area contributed by atoms with Crippen molar-refractivity contribution in [2.45, 2.75) is 51.0 Å². The van der Waals surface area contributed by atoms with E-state index in [0.29, 0.717) is 6.04 Å². The summed E-state index contributed by atoms with van der Waals surface area (Å²) in [5.74, 6) is 0.874. The van der Waals surface area contributed by atoms with E-state index in [2.05, 4.69) is 5.32 Å². The van der Waals surface area contributed by atoms with Crippen LogP contribution in [0, 0.1) is 5.92 Å². The number of ether oxygens (including phenoxy) is 1. The first-order chi connectivity index (χ1) is 6.95. The Hall–Kier alpha value is -0.0800. The SMILES string of the molecule is C1CCC(COCC2CCCC2)NC1. The fourth-order valence-electron chi connectivity index (χ4n) is 2.62. The quantitative estimate of drug-likeness (QED) is 0.747. The Morgan fingerprint density at radius 3 is 2.43 bits per heavy atom. The number of hydrogen-bond donors (Lipinski definition) is 1. The molecular weight excluding hydrogens is 174 g/mol. The summed E-state index contributed by atoms with van der Waals surface area (Å²) in [6.45, 7) is 3.14. The van der Waals surface area contributed by atoms with Crippen molar-refractivity contribution in [3.63, 3.8) is 0 Å². The molecule has 0 aromatic rings. The van der Waals surface area contributed by atoms with Crippen molar-refractivity contribution in [1.82, 2.24) is 5.32 Å². The molecular formula is C12H23NO. The summed E-state index contributed by atoms with van der Waals surface area (Å²) >= 11 is 0. The predicted octanol–water partition coefficient (Wildman–Crippen LogP) is 2.34. The predicted molar refractivity (Wildman–Crippen MR) is 58.4 cm³/mol. The Labute approximate surface area is 87.4 Å². The summed E-state index contributed by atoms with van der Waals surface area (Å²) in [7, 11) is 0. The summed E-state index contributed by atoms with van der Waals surface area (Å²) in [5.41, 5.74) is 0. The highest BCUT2D eigenvalue weighted by Gasteiger charge is 2.17. The van der Waals surface area contributed by atoms with Gasteiger partial charge in [-0.3, -0.25) is 0 Å². The summed E-state index contributed by atoms with van der Waals surface area (Å²) in [5, 5.41) is 3.52. The molecule has 2 nitrogen and oxygen atoms in total. The number of nitrogens with one attached hydrogen (secondary N) is 1. The maximum atomic E-state index is 5.79. The fraction of sp³-hybridized carbons (Fsp3) is 1.00. The third-order valence-electron chi connectivity index (χ3n) is 3.56. The van der Waals surface area contributed by atoms with E-state index in [1.807, 2.05) is 0 Å². The van der Waals surface area contributed by atoms with Crippen LogP contribution in [0.1, 0.15) is 44.9 Å². The van der Waals surface area contributed by atoms with Crippen molar-refractivity contribution in [2.75, 3.05) is 19.8 Å². The summed E-state index contributed by atoms with van der Waals surface area (Å²) in [4.78, 5) is 0. The van der Waals surface area contributed by atoms with Crippen molar-refractivity contribution in [1.29, 1.82) is 0 Å². The van der Waals surface area contributed by atoms with E-state index in [4.69, 9.17) is 4.74 Å². The Morgan fingerprint density at radius 2 is 1.71 bits per heavy atom. The summed E-state index contributed by atoms with van der Waals surface area (Å²) in [6, 6.07) is 0.644. The first kappa shape index (κ1) is 10.4. The average Bonchev–Trinajstić information content (AvgIpc) is 2.72. The Morgan fingerprint density at radius 1 is 0.929 bits per heavy atom. The molecule has 0 amide bonds. The zero-order valence-corrected chi connectivity index (χ0v) is 9.13. The molecule has 0 spiro atoms. The van der Waals surface area contributed by atoms with Gasteiger partial charge in [-0.1, -0.05) is 19.3 Å². The molecule has 1 aliphatic carbocycles. The van der Waals surface area contributed by atoms with Crippen LogP contribution >= 0.6 is 0 Å². The van der Waals surface area contributed by atoms with Crippen molar-refractivity contribution in [2.24, 2.45) is 5.92 Å². The Kier molecular flexibility index (Phi) is 4.26. The van der Waals surface area contributed by atoms with Gasteiger partial charge in [-0.05, 0) is 38.1 Å². The molecule has 2 fully saturated rings. The van der Waals surface area contributed by atoms with Gasteiger partial charge < -0.3 is 10.1 Å². The van der Waals surface area contributed by atoms with E-state index in [1.54, 1.807) is 0 Å². The average molecular weight is 197 g/mol. The van der Waals surface area contributed by atoms with Crippen LogP contribution in [0.25, 0.3) is 0 Å². The monoisotopic (exact) mass is 197 g/mol. The first-order valence-corrected chi connectivity index (χ1v) is 6.26. The highest BCUT2D eigenvalue weighted by atomic mass is 16.5. The second-order valence-electron chi connectivity index (χ2n) is 4.83. The van der Waals surface area contributed by atoms with Gasteiger partial charge in [0.15, 0.2) is 0 Å².